The summed E-state index contributed by atoms with van der Waals surface area (Å²) in [7, 11) is 0. The fourth-order valence-electron chi connectivity index (χ4n) is 2.93. The Bertz CT molecular complexity index is 660. The highest BCUT2D eigenvalue weighted by atomic mass is 16.5. The predicted molar refractivity (Wildman–Crippen MR) is 92.6 cm³/mol. The van der Waals surface area contributed by atoms with E-state index < -0.39 is 0 Å². The van der Waals surface area contributed by atoms with Crippen molar-refractivity contribution >= 4 is 16.9 Å². The highest BCUT2D eigenvalue weighted by Crippen LogP contribution is 2.24. The molecule has 0 unspecified atom stereocenters. The van der Waals surface area contributed by atoms with Gasteiger partial charge >= 0.3 is 0 Å². The Morgan fingerprint density at radius 2 is 2.00 bits per heavy atom. The third kappa shape index (κ3) is 4.55. The smallest absolute Gasteiger partial charge is 0.226 e. The second-order valence-corrected chi connectivity index (χ2v) is 5.99. The van der Waals surface area contributed by atoms with Crippen molar-refractivity contribution in [1.82, 2.24) is 15.4 Å². The summed E-state index contributed by atoms with van der Waals surface area (Å²) in [6.07, 6.45) is 1.23. The first kappa shape index (κ1) is 17.5. The zero-order valence-corrected chi connectivity index (χ0v) is 14.6. The van der Waals surface area contributed by atoms with Gasteiger partial charge in [0, 0.05) is 11.9 Å². The Labute approximate surface area is 138 Å². The molecule has 5 heteroatoms. The molecule has 0 bridgehead atoms. The highest BCUT2D eigenvalue weighted by molar-refractivity contribution is 5.88. The first-order valence-corrected chi connectivity index (χ1v) is 8.39. The molecule has 1 N–H and O–H groups in total. The van der Waals surface area contributed by atoms with Gasteiger partial charge in [-0.1, -0.05) is 25.1 Å². The molecule has 2 rings (SSSR count). The Kier molecular flexibility index (Phi) is 6.16. The van der Waals surface area contributed by atoms with Gasteiger partial charge in [-0.25, -0.2) is 0 Å². The van der Waals surface area contributed by atoms with Crippen LogP contribution in [0.3, 0.4) is 0 Å². The lowest BCUT2D eigenvalue weighted by Gasteiger charge is -2.17. The van der Waals surface area contributed by atoms with E-state index in [1.165, 1.54) is 0 Å². The lowest BCUT2D eigenvalue weighted by atomic mass is 10.0. The van der Waals surface area contributed by atoms with Gasteiger partial charge in [-0.05, 0) is 57.1 Å². The number of nitrogens with one attached hydrogen (secondary N) is 1. The van der Waals surface area contributed by atoms with Crippen LogP contribution in [0.4, 0.5) is 0 Å². The number of fused-ring (bicyclic) bond motifs is 1. The van der Waals surface area contributed by atoms with Crippen molar-refractivity contribution in [1.29, 1.82) is 0 Å². The van der Waals surface area contributed by atoms with E-state index in [1.54, 1.807) is 0 Å². The topological polar surface area (TPSA) is 58.4 Å². The number of aryl methyl sites for hydroxylation is 2. The predicted octanol–water partition coefficient (Wildman–Crippen LogP) is 2.84. The van der Waals surface area contributed by atoms with Crippen molar-refractivity contribution in [2.24, 2.45) is 0 Å². The molecule has 1 heterocycles. The van der Waals surface area contributed by atoms with E-state index in [4.69, 9.17) is 4.52 Å². The average molecular weight is 317 g/mol. The second kappa shape index (κ2) is 8.11. The van der Waals surface area contributed by atoms with E-state index in [-0.39, 0.29) is 12.3 Å². The number of nitrogens with zero attached hydrogens (tertiary/aromatic N) is 2. The molecule has 0 atom stereocenters. The molecular weight excluding hydrogens is 290 g/mol. The van der Waals surface area contributed by atoms with E-state index in [9.17, 15) is 4.79 Å². The Balaban J connectivity index is 1.89. The van der Waals surface area contributed by atoms with Crippen LogP contribution >= 0.6 is 0 Å². The van der Waals surface area contributed by atoms with Crippen LogP contribution in [0.15, 0.2) is 16.7 Å². The molecule has 1 amide bonds. The molecule has 0 saturated carbocycles. The highest BCUT2D eigenvalue weighted by Gasteiger charge is 2.14. The molecule has 5 nitrogen and oxygen atoms in total. The molecule has 1 aromatic carbocycles. The van der Waals surface area contributed by atoms with Crippen molar-refractivity contribution in [2.45, 2.75) is 40.5 Å². The third-order valence-corrected chi connectivity index (χ3v) is 4.18. The van der Waals surface area contributed by atoms with Gasteiger partial charge in [0.25, 0.3) is 0 Å². The largest absolute Gasteiger partial charge is 0.356 e. The van der Waals surface area contributed by atoms with Gasteiger partial charge in [-0.15, -0.1) is 0 Å². The number of hydrogen-bond acceptors (Lipinski definition) is 4. The summed E-state index contributed by atoms with van der Waals surface area (Å²) in [5.41, 5.74) is 3.72. The van der Waals surface area contributed by atoms with Crippen LogP contribution in [0.5, 0.6) is 0 Å². The second-order valence-electron chi connectivity index (χ2n) is 5.99. The van der Waals surface area contributed by atoms with E-state index in [2.05, 4.69) is 35.3 Å². The lowest BCUT2D eigenvalue weighted by Crippen LogP contribution is -2.30. The number of carbonyl (C=O) groups excluding carboxylic acids is 1. The van der Waals surface area contributed by atoms with Gasteiger partial charge in [-0.3, -0.25) is 4.79 Å². The average Bonchev–Trinajstić information content (AvgIpc) is 2.90. The van der Waals surface area contributed by atoms with Gasteiger partial charge in [0.05, 0.1) is 6.42 Å². The first-order valence-electron chi connectivity index (χ1n) is 8.39. The maximum Gasteiger partial charge on any atom is 0.226 e. The van der Waals surface area contributed by atoms with Crippen LogP contribution in [0.2, 0.25) is 0 Å². The van der Waals surface area contributed by atoms with Crippen molar-refractivity contribution in [2.75, 3.05) is 26.2 Å². The van der Waals surface area contributed by atoms with E-state index >= 15 is 0 Å². The lowest BCUT2D eigenvalue weighted by molar-refractivity contribution is -0.120. The summed E-state index contributed by atoms with van der Waals surface area (Å²) in [6, 6.07) is 4.05. The fraction of sp³-hybridized carbons (Fsp3) is 0.556. The summed E-state index contributed by atoms with van der Waals surface area (Å²) in [6.45, 7) is 12.2. The quantitative estimate of drug-likeness (QED) is 0.761. The minimum Gasteiger partial charge on any atom is -0.356 e. The third-order valence-electron chi connectivity index (χ3n) is 4.18. The SMILES string of the molecule is CCN(CC)CCCNC(=O)Cc1noc2cc(C)cc(C)c12. The number of rotatable bonds is 8. The number of carbonyl (C=O) groups is 1. The maximum absolute atomic E-state index is 12.1. The molecule has 0 aliphatic carbocycles. The minimum atomic E-state index is -0.000257. The fourth-order valence-corrected chi connectivity index (χ4v) is 2.93. The van der Waals surface area contributed by atoms with Crippen LogP contribution in [0, 0.1) is 13.8 Å². The molecule has 0 aliphatic heterocycles. The molecule has 126 valence electrons. The van der Waals surface area contributed by atoms with E-state index in [0.717, 1.165) is 53.8 Å². The normalized spacial score (nSPS) is 11.3. The summed E-state index contributed by atoms with van der Waals surface area (Å²) in [5, 5.41) is 8.02. The standard InChI is InChI=1S/C18H27N3O2/c1-5-21(6-2)9-7-8-19-17(22)12-15-18-14(4)10-13(3)11-16(18)23-20-15/h10-11H,5-9,12H2,1-4H3,(H,19,22). The monoisotopic (exact) mass is 317 g/mol. The van der Waals surface area contributed by atoms with E-state index in [1.807, 2.05) is 19.9 Å². The number of benzene rings is 1. The van der Waals surface area contributed by atoms with Crippen molar-refractivity contribution in [3.8, 4) is 0 Å². The zero-order chi connectivity index (χ0) is 16.8. The van der Waals surface area contributed by atoms with Gasteiger partial charge < -0.3 is 14.7 Å². The van der Waals surface area contributed by atoms with Crippen molar-refractivity contribution < 1.29 is 9.32 Å². The molecule has 23 heavy (non-hydrogen) atoms. The van der Waals surface area contributed by atoms with Gasteiger partial charge in [0.1, 0.15) is 5.69 Å². The molecule has 0 fully saturated rings. The molecule has 0 radical (unpaired) electrons. The van der Waals surface area contributed by atoms with Gasteiger partial charge in [-0.2, -0.15) is 0 Å². The van der Waals surface area contributed by atoms with Crippen LogP contribution < -0.4 is 5.32 Å². The zero-order valence-electron chi connectivity index (χ0n) is 14.6. The minimum absolute atomic E-state index is 0.000257. The summed E-state index contributed by atoms with van der Waals surface area (Å²) in [4.78, 5) is 14.5. The van der Waals surface area contributed by atoms with Crippen LogP contribution in [0.1, 0.15) is 37.1 Å². The Hall–Kier alpha value is -1.88. The number of amides is 1. The van der Waals surface area contributed by atoms with Gasteiger partial charge in [0.15, 0.2) is 5.58 Å². The van der Waals surface area contributed by atoms with E-state index in [0.29, 0.717) is 6.54 Å². The number of aromatic nitrogens is 1. The molecular formula is C18H27N3O2. The Morgan fingerprint density at radius 1 is 1.26 bits per heavy atom. The summed E-state index contributed by atoms with van der Waals surface area (Å²) >= 11 is 0. The van der Waals surface area contributed by atoms with Crippen LogP contribution in [-0.2, 0) is 11.2 Å². The summed E-state index contributed by atoms with van der Waals surface area (Å²) < 4.78 is 5.36. The van der Waals surface area contributed by atoms with Crippen molar-refractivity contribution in [3.63, 3.8) is 0 Å². The Morgan fingerprint density at radius 3 is 2.70 bits per heavy atom. The maximum atomic E-state index is 12.1. The molecule has 0 aliphatic rings. The molecule has 2 aromatic rings. The molecule has 0 saturated heterocycles. The number of hydrogen-bond donors (Lipinski definition) is 1. The van der Waals surface area contributed by atoms with Gasteiger partial charge in [0.2, 0.25) is 5.91 Å². The molecule has 1 aromatic heterocycles. The summed E-state index contributed by atoms with van der Waals surface area (Å²) in [5.74, 6) is -0.000257. The van der Waals surface area contributed by atoms with Crippen molar-refractivity contribution in [3.05, 3.63) is 29.0 Å². The van der Waals surface area contributed by atoms with Crippen LogP contribution in [-0.4, -0.2) is 42.1 Å². The first-order chi connectivity index (χ1) is 11.0. The molecule has 0 spiro atoms. The van der Waals surface area contributed by atoms with Crippen LogP contribution in [0.25, 0.3) is 11.0 Å².